The molecule has 1 unspecified atom stereocenters. The van der Waals surface area contributed by atoms with Crippen LogP contribution in [0, 0.1) is 0 Å². The van der Waals surface area contributed by atoms with Crippen molar-refractivity contribution in [1.82, 2.24) is 0 Å². The topological polar surface area (TPSA) is 17.1 Å². The number of benzene rings is 2. The maximum absolute atomic E-state index is 12.0. The Balaban J connectivity index is 2.06. The zero-order valence-corrected chi connectivity index (χ0v) is 10.1. The molecule has 2 heteroatoms. The van der Waals surface area contributed by atoms with Crippen LogP contribution in [-0.4, -0.2) is 11.2 Å². The van der Waals surface area contributed by atoms with Crippen molar-refractivity contribution in [2.75, 3.05) is 0 Å². The molecule has 2 aromatic carbocycles. The van der Waals surface area contributed by atoms with Gasteiger partial charge in [-0.05, 0) is 12.0 Å². The fraction of sp³-hybridized carbons (Fsp3) is 0.133. The van der Waals surface area contributed by atoms with Crippen LogP contribution in [0.25, 0.3) is 0 Å². The van der Waals surface area contributed by atoms with Crippen molar-refractivity contribution in [1.29, 1.82) is 0 Å². The summed E-state index contributed by atoms with van der Waals surface area (Å²) in [7, 11) is 0. The van der Waals surface area contributed by atoms with E-state index in [1.165, 1.54) is 0 Å². The fourth-order valence-electron chi connectivity index (χ4n) is 1.70. The summed E-state index contributed by atoms with van der Waals surface area (Å²) < 4.78 is 0. The van der Waals surface area contributed by atoms with Gasteiger partial charge in [0.05, 0.1) is 0 Å². The molecule has 0 fully saturated rings. The highest BCUT2D eigenvalue weighted by atomic mass is 35.5. The summed E-state index contributed by atoms with van der Waals surface area (Å²) in [4.78, 5) is 12.0. The third kappa shape index (κ3) is 3.18. The molecule has 86 valence electrons. The molecule has 0 saturated heterocycles. The SMILES string of the molecule is O=C(c1ccccc1)C(Cl)Cc1ccccc1. The van der Waals surface area contributed by atoms with E-state index < -0.39 is 5.38 Å². The number of alkyl halides is 1. The van der Waals surface area contributed by atoms with E-state index in [0.29, 0.717) is 12.0 Å². The first-order valence-corrected chi connectivity index (χ1v) is 5.98. The molecule has 0 radical (unpaired) electrons. The average Bonchev–Trinajstić information content (AvgIpc) is 2.40. The second kappa shape index (κ2) is 5.65. The molecule has 0 aliphatic carbocycles. The van der Waals surface area contributed by atoms with Crippen LogP contribution in [0.3, 0.4) is 0 Å². The molecule has 0 saturated carbocycles. The lowest BCUT2D eigenvalue weighted by Gasteiger charge is -2.08. The highest BCUT2D eigenvalue weighted by molar-refractivity contribution is 6.34. The van der Waals surface area contributed by atoms with Crippen molar-refractivity contribution in [2.45, 2.75) is 11.8 Å². The van der Waals surface area contributed by atoms with Crippen LogP contribution in [0.15, 0.2) is 60.7 Å². The molecule has 17 heavy (non-hydrogen) atoms. The molecule has 1 nitrogen and oxygen atoms in total. The van der Waals surface area contributed by atoms with Crippen LogP contribution in [-0.2, 0) is 6.42 Å². The summed E-state index contributed by atoms with van der Waals surface area (Å²) in [6.45, 7) is 0. The second-order valence-electron chi connectivity index (χ2n) is 3.89. The van der Waals surface area contributed by atoms with Gasteiger partial charge in [0, 0.05) is 5.56 Å². The Hall–Kier alpha value is -1.60. The minimum atomic E-state index is -0.500. The van der Waals surface area contributed by atoms with Gasteiger partial charge in [0.1, 0.15) is 5.38 Å². The Morgan fingerprint density at radius 1 is 0.941 bits per heavy atom. The van der Waals surface area contributed by atoms with Gasteiger partial charge in [0.25, 0.3) is 0 Å². The van der Waals surface area contributed by atoms with Gasteiger partial charge in [-0.1, -0.05) is 60.7 Å². The van der Waals surface area contributed by atoms with Gasteiger partial charge in [0.15, 0.2) is 5.78 Å². The summed E-state index contributed by atoms with van der Waals surface area (Å²) in [5.41, 5.74) is 1.75. The van der Waals surface area contributed by atoms with Gasteiger partial charge in [-0.15, -0.1) is 11.6 Å². The quantitative estimate of drug-likeness (QED) is 0.592. The molecule has 0 spiro atoms. The second-order valence-corrected chi connectivity index (χ2v) is 4.41. The smallest absolute Gasteiger partial charge is 0.180 e. The van der Waals surface area contributed by atoms with E-state index in [1.54, 1.807) is 12.1 Å². The van der Waals surface area contributed by atoms with E-state index in [-0.39, 0.29) is 5.78 Å². The Morgan fingerprint density at radius 3 is 2.06 bits per heavy atom. The molecule has 0 amide bonds. The number of ketones is 1. The van der Waals surface area contributed by atoms with E-state index in [4.69, 9.17) is 11.6 Å². The minimum absolute atomic E-state index is 0.0175. The normalized spacial score (nSPS) is 12.1. The lowest BCUT2D eigenvalue weighted by Crippen LogP contribution is -2.17. The van der Waals surface area contributed by atoms with E-state index in [0.717, 1.165) is 5.56 Å². The van der Waals surface area contributed by atoms with Crippen molar-refractivity contribution >= 4 is 17.4 Å². The van der Waals surface area contributed by atoms with E-state index >= 15 is 0 Å². The first-order chi connectivity index (χ1) is 8.27. The lowest BCUT2D eigenvalue weighted by molar-refractivity contribution is 0.0986. The maximum atomic E-state index is 12.0. The van der Waals surface area contributed by atoms with Crippen LogP contribution < -0.4 is 0 Å². The van der Waals surface area contributed by atoms with Crippen LogP contribution in [0.4, 0.5) is 0 Å². The molecular weight excluding hydrogens is 232 g/mol. The molecular formula is C15H13ClO. The predicted molar refractivity (Wildman–Crippen MR) is 70.6 cm³/mol. The summed E-state index contributed by atoms with van der Waals surface area (Å²) in [5.74, 6) is -0.0175. The predicted octanol–water partition coefficient (Wildman–Crippen LogP) is 3.72. The summed E-state index contributed by atoms with van der Waals surface area (Å²) in [6, 6.07) is 19.0. The van der Waals surface area contributed by atoms with Gasteiger partial charge in [0.2, 0.25) is 0 Å². The van der Waals surface area contributed by atoms with Gasteiger partial charge >= 0.3 is 0 Å². The number of carbonyl (C=O) groups excluding carboxylic acids is 1. The monoisotopic (exact) mass is 244 g/mol. The number of hydrogen-bond donors (Lipinski definition) is 0. The van der Waals surface area contributed by atoms with Crippen molar-refractivity contribution in [2.24, 2.45) is 0 Å². The van der Waals surface area contributed by atoms with Crippen molar-refractivity contribution in [3.63, 3.8) is 0 Å². The molecule has 2 rings (SSSR count). The molecule has 2 aromatic rings. The van der Waals surface area contributed by atoms with Crippen LogP contribution >= 0.6 is 11.6 Å². The van der Waals surface area contributed by atoms with Gasteiger partial charge in [-0.25, -0.2) is 0 Å². The Morgan fingerprint density at radius 2 is 1.47 bits per heavy atom. The first-order valence-electron chi connectivity index (χ1n) is 5.54. The Bertz CT molecular complexity index is 479. The summed E-state index contributed by atoms with van der Waals surface area (Å²) in [6.07, 6.45) is 0.566. The summed E-state index contributed by atoms with van der Waals surface area (Å²) in [5, 5.41) is -0.500. The van der Waals surface area contributed by atoms with Crippen LogP contribution in [0.5, 0.6) is 0 Å². The zero-order valence-electron chi connectivity index (χ0n) is 9.34. The Kier molecular flexibility index (Phi) is 3.94. The molecule has 0 aromatic heterocycles. The molecule has 0 heterocycles. The molecule has 1 atom stereocenters. The first kappa shape index (κ1) is 11.9. The largest absolute Gasteiger partial charge is 0.292 e. The zero-order chi connectivity index (χ0) is 12.1. The Labute approximate surface area is 106 Å². The van der Waals surface area contributed by atoms with Crippen molar-refractivity contribution in [3.8, 4) is 0 Å². The van der Waals surface area contributed by atoms with E-state index in [1.807, 2.05) is 48.5 Å². The number of carbonyl (C=O) groups is 1. The fourth-order valence-corrected chi connectivity index (χ4v) is 2.00. The number of halogens is 1. The average molecular weight is 245 g/mol. The highest BCUT2D eigenvalue weighted by Gasteiger charge is 2.17. The summed E-state index contributed by atoms with van der Waals surface area (Å²) >= 11 is 6.15. The minimum Gasteiger partial charge on any atom is -0.292 e. The highest BCUT2D eigenvalue weighted by Crippen LogP contribution is 2.13. The van der Waals surface area contributed by atoms with Crippen molar-refractivity contribution in [3.05, 3.63) is 71.8 Å². The van der Waals surface area contributed by atoms with E-state index in [9.17, 15) is 4.79 Å². The lowest BCUT2D eigenvalue weighted by atomic mass is 10.0. The van der Waals surface area contributed by atoms with Crippen LogP contribution in [0.2, 0.25) is 0 Å². The standard InChI is InChI=1S/C15H13ClO/c16-14(11-12-7-3-1-4-8-12)15(17)13-9-5-2-6-10-13/h1-10,14H,11H2. The maximum Gasteiger partial charge on any atom is 0.180 e. The molecule has 0 aliphatic rings. The van der Waals surface area contributed by atoms with Crippen LogP contribution in [0.1, 0.15) is 15.9 Å². The number of rotatable bonds is 4. The third-order valence-electron chi connectivity index (χ3n) is 2.60. The van der Waals surface area contributed by atoms with Crippen molar-refractivity contribution < 1.29 is 4.79 Å². The molecule has 0 aliphatic heterocycles. The van der Waals surface area contributed by atoms with Gasteiger partial charge in [-0.3, -0.25) is 4.79 Å². The van der Waals surface area contributed by atoms with E-state index in [2.05, 4.69) is 0 Å². The molecule has 0 bridgehead atoms. The number of hydrogen-bond acceptors (Lipinski definition) is 1. The molecule has 0 N–H and O–H groups in total. The number of Topliss-reactive ketones (excluding diaryl/α,β-unsaturated/α-hetero) is 1. The van der Waals surface area contributed by atoms with Gasteiger partial charge < -0.3 is 0 Å². The van der Waals surface area contributed by atoms with Gasteiger partial charge in [-0.2, -0.15) is 0 Å². The third-order valence-corrected chi connectivity index (χ3v) is 2.95.